The Kier molecular flexibility index (Phi) is 4.54. The van der Waals surface area contributed by atoms with E-state index in [-0.39, 0.29) is 17.1 Å². The molecule has 0 aliphatic rings. The van der Waals surface area contributed by atoms with Crippen molar-refractivity contribution in [3.63, 3.8) is 0 Å². The maximum atomic E-state index is 13.0. The maximum Gasteiger partial charge on any atom is 0.341 e. The molecule has 128 valence electrons. The minimum atomic E-state index is -1.04. The number of carbonyl (C=O) groups excluding carboxylic acids is 1. The number of hydrogen-bond acceptors (Lipinski definition) is 5. The molecule has 2 N–H and O–H groups in total. The van der Waals surface area contributed by atoms with Crippen LogP contribution in [0.4, 0.5) is 4.39 Å². The van der Waals surface area contributed by atoms with E-state index in [1.54, 1.807) is 18.2 Å². The lowest BCUT2D eigenvalue weighted by Gasteiger charge is -2.08. The highest BCUT2D eigenvalue weighted by atomic mass is 19.1. The molecule has 0 fully saturated rings. The van der Waals surface area contributed by atoms with E-state index in [4.69, 9.17) is 4.42 Å². The molecule has 2 aromatic carbocycles. The van der Waals surface area contributed by atoms with Gasteiger partial charge in [0.1, 0.15) is 34.8 Å². The fourth-order valence-electron chi connectivity index (χ4n) is 2.43. The summed E-state index contributed by atoms with van der Waals surface area (Å²) in [5.74, 6) is -0.587. The molecular formula is C19H15FO5. The molecule has 3 aromatic rings. The standard InChI is InChI=1S/C19H15FO5/c1-24-19(23)14-7-4-12(10-15(14)21)16-8-9-17(25-16)18(22)11-2-5-13(20)6-3-11/h2-10,18,21-22H,1H3. The third kappa shape index (κ3) is 3.39. The van der Waals surface area contributed by atoms with Crippen molar-refractivity contribution < 1.29 is 28.6 Å². The largest absolute Gasteiger partial charge is 0.507 e. The van der Waals surface area contributed by atoms with Gasteiger partial charge in [-0.25, -0.2) is 9.18 Å². The third-order valence-electron chi connectivity index (χ3n) is 3.77. The van der Waals surface area contributed by atoms with Gasteiger partial charge in [0.2, 0.25) is 0 Å². The lowest BCUT2D eigenvalue weighted by Crippen LogP contribution is -2.01. The molecule has 0 spiro atoms. The highest BCUT2D eigenvalue weighted by molar-refractivity contribution is 5.93. The average Bonchev–Trinajstić information content (AvgIpc) is 3.11. The summed E-state index contributed by atoms with van der Waals surface area (Å²) in [5, 5.41) is 20.3. The number of carbonyl (C=O) groups is 1. The summed E-state index contributed by atoms with van der Waals surface area (Å²) in [6.07, 6.45) is -1.04. The minimum Gasteiger partial charge on any atom is -0.507 e. The molecule has 1 aromatic heterocycles. The van der Waals surface area contributed by atoms with Crippen molar-refractivity contribution in [1.29, 1.82) is 0 Å². The number of phenolic OH excluding ortho intramolecular Hbond substituents is 1. The number of aromatic hydroxyl groups is 1. The number of rotatable bonds is 4. The molecule has 0 saturated carbocycles. The molecule has 6 heteroatoms. The van der Waals surface area contributed by atoms with Crippen molar-refractivity contribution in [3.8, 4) is 17.1 Å². The quantitative estimate of drug-likeness (QED) is 0.707. The number of hydrogen-bond donors (Lipinski definition) is 2. The minimum absolute atomic E-state index is 0.0457. The van der Waals surface area contributed by atoms with Crippen LogP contribution in [0.2, 0.25) is 0 Å². The summed E-state index contributed by atoms with van der Waals surface area (Å²) in [6, 6.07) is 13.1. The molecule has 0 amide bonds. The summed E-state index contributed by atoms with van der Waals surface area (Å²) in [4.78, 5) is 11.5. The second-order valence-corrected chi connectivity index (χ2v) is 5.38. The number of methoxy groups -OCH3 is 1. The SMILES string of the molecule is COC(=O)c1ccc(-c2ccc(C(O)c3ccc(F)cc3)o2)cc1O. The van der Waals surface area contributed by atoms with E-state index >= 15 is 0 Å². The van der Waals surface area contributed by atoms with Gasteiger partial charge < -0.3 is 19.4 Å². The molecule has 1 atom stereocenters. The molecule has 0 aliphatic heterocycles. The fourth-order valence-corrected chi connectivity index (χ4v) is 2.43. The predicted molar refractivity (Wildman–Crippen MR) is 87.6 cm³/mol. The zero-order valence-corrected chi connectivity index (χ0v) is 13.3. The van der Waals surface area contributed by atoms with Crippen LogP contribution in [0.25, 0.3) is 11.3 Å². The van der Waals surface area contributed by atoms with E-state index in [0.29, 0.717) is 16.9 Å². The Morgan fingerprint density at radius 2 is 1.84 bits per heavy atom. The molecular weight excluding hydrogens is 327 g/mol. The highest BCUT2D eigenvalue weighted by Crippen LogP contribution is 2.31. The molecule has 3 rings (SSSR count). The van der Waals surface area contributed by atoms with Crippen molar-refractivity contribution in [2.75, 3.05) is 7.11 Å². The Morgan fingerprint density at radius 3 is 2.48 bits per heavy atom. The van der Waals surface area contributed by atoms with Crippen molar-refractivity contribution in [1.82, 2.24) is 0 Å². The third-order valence-corrected chi connectivity index (χ3v) is 3.77. The summed E-state index contributed by atoms with van der Waals surface area (Å²) in [6.45, 7) is 0. The predicted octanol–water partition coefficient (Wildman–Crippen LogP) is 3.66. The Hall–Kier alpha value is -3.12. The van der Waals surface area contributed by atoms with Gasteiger partial charge in [-0.05, 0) is 42.0 Å². The van der Waals surface area contributed by atoms with E-state index in [1.165, 1.54) is 43.5 Å². The first-order valence-corrected chi connectivity index (χ1v) is 7.44. The smallest absolute Gasteiger partial charge is 0.341 e. The molecule has 0 saturated heterocycles. The number of aliphatic hydroxyl groups excluding tert-OH is 1. The number of ether oxygens (including phenoxy) is 1. The first kappa shape index (κ1) is 16.7. The van der Waals surface area contributed by atoms with Gasteiger partial charge in [-0.15, -0.1) is 0 Å². The summed E-state index contributed by atoms with van der Waals surface area (Å²) in [5.41, 5.74) is 1.07. The zero-order valence-electron chi connectivity index (χ0n) is 13.3. The Balaban J connectivity index is 1.87. The second-order valence-electron chi connectivity index (χ2n) is 5.38. The molecule has 0 radical (unpaired) electrons. The van der Waals surface area contributed by atoms with Gasteiger partial charge in [-0.3, -0.25) is 0 Å². The van der Waals surface area contributed by atoms with Gasteiger partial charge >= 0.3 is 5.97 Å². The first-order chi connectivity index (χ1) is 12.0. The number of benzene rings is 2. The van der Waals surface area contributed by atoms with Crippen LogP contribution in [0.15, 0.2) is 59.0 Å². The van der Waals surface area contributed by atoms with Crippen LogP contribution in [-0.4, -0.2) is 23.3 Å². The van der Waals surface area contributed by atoms with Crippen LogP contribution in [-0.2, 0) is 4.74 Å². The lowest BCUT2D eigenvalue weighted by molar-refractivity contribution is 0.0597. The summed E-state index contributed by atoms with van der Waals surface area (Å²) in [7, 11) is 1.23. The number of phenols is 1. The lowest BCUT2D eigenvalue weighted by atomic mass is 10.1. The van der Waals surface area contributed by atoms with Gasteiger partial charge in [0.05, 0.1) is 7.11 Å². The van der Waals surface area contributed by atoms with E-state index in [1.807, 2.05) is 0 Å². The van der Waals surface area contributed by atoms with Gasteiger partial charge in [0.15, 0.2) is 0 Å². The van der Waals surface area contributed by atoms with E-state index in [0.717, 1.165) is 0 Å². The van der Waals surface area contributed by atoms with Crippen LogP contribution >= 0.6 is 0 Å². The molecule has 1 unspecified atom stereocenters. The molecule has 1 heterocycles. The van der Waals surface area contributed by atoms with Crippen LogP contribution in [0.3, 0.4) is 0 Å². The van der Waals surface area contributed by atoms with Crippen molar-refractivity contribution in [2.24, 2.45) is 0 Å². The van der Waals surface area contributed by atoms with E-state index in [9.17, 15) is 19.4 Å². The second kappa shape index (κ2) is 6.78. The van der Waals surface area contributed by atoms with Crippen LogP contribution < -0.4 is 0 Å². The number of halogens is 1. The maximum absolute atomic E-state index is 13.0. The highest BCUT2D eigenvalue weighted by Gasteiger charge is 2.17. The summed E-state index contributed by atoms with van der Waals surface area (Å²) < 4.78 is 23.2. The number of aliphatic hydroxyl groups is 1. The van der Waals surface area contributed by atoms with Crippen molar-refractivity contribution in [3.05, 3.63) is 77.3 Å². The molecule has 5 nitrogen and oxygen atoms in total. The molecule has 0 aliphatic carbocycles. The Bertz CT molecular complexity index is 898. The van der Waals surface area contributed by atoms with Gasteiger partial charge in [0, 0.05) is 5.56 Å². The Morgan fingerprint density at radius 1 is 1.12 bits per heavy atom. The Labute approximate surface area is 142 Å². The van der Waals surface area contributed by atoms with Gasteiger partial charge in [-0.2, -0.15) is 0 Å². The number of furan rings is 1. The topological polar surface area (TPSA) is 79.9 Å². The fraction of sp³-hybridized carbons (Fsp3) is 0.105. The van der Waals surface area contributed by atoms with Crippen molar-refractivity contribution in [2.45, 2.75) is 6.10 Å². The van der Waals surface area contributed by atoms with Gasteiger partial charge in [0.25, 0.3) is 0 Å². The summed E-state index contributed by atoms with van der Waals surface area (Å²) >= 11 is 0. The molecule has 0 bridgehead atoms. The number of esters is 1. The van der Waals surface area contributed by atoms with E-state index < -0.39 is 17.9 Å². The van der Waals surface area contributed by atoms with Gasteiger partial charge in [-0.1, -0.05) is 18.2 Å². The first-order valence-electron chi connectivity index (χ1n) is 7.44. The van der Waals surface area contributed by atoms with Crippen molar-refractivity contribution >= 4 is 5.97 Å². The van der Waals surface area contributed by atoms with E-state index in [2.05, 4.69) is 4.74 Å². The normalized spacial score (nSPS) is 12.0. The van der Waals surface area contributed by atoms with Crippen LogP contribution in [0, 0.1) is 5.82 Å². The molecule has 25 heavy (non-hydrogen) atoms. The van der Waals surface area contributed by atoms with Crippen LogP contribution in [0.1, 0.15) is 27.8 Å². The zero-order chi connectivity index (χ0) is 18.0. The van der Waals surface area contributed by atoms with Crippen LogP contribution in [0.5, 0.6) is 5.75 Å². The monoisotopic (exact) mass is 342 g/mol. The average molecular weight is 342 g/mol.